The lowest BCUT2D eigenvalue weighted by atomic mass is 9.56. The molecule has 0 aromatic carbocycles. The molecule has 1 heterocycles. The molecule has 0 radical (unpaired) electrons. The van der Waals surface area contributed by atoms with Gasteiger partial charge in [0.25, 0.3) is 0 Å². The molecule has 8 nitrogen and oxygen atoms in total. The van der Waals surface area contributed by atoms with Crippen molar-refractivity contribution in [3.63, 3.8) is 0 Å². The third-order valence-electron chi connectivity index (χ3n) is 7.59. The largest absolute Gasteiger partial charge is 0.462 e. The van der Waals surface area contributed by atoms with E-state index in [1.165, 1.54) is 20.8 Å². The number of ether oxygens (including phenoxy) is 3. The van der Waals surface area contributed by atoms with Crippen molar-refractivity contribution < 1.29 is 38.8 Å². The minimum absolute atomic E-state index is 0.380. The van der Waals surface area contributed by atoms with Crippen LogP contribution in [0.4, 0.5) is 0 Å². The maximum absolute atomic E-state index is 12.5. The van der Waals surface area contributed by atoms with Crippen molar-refractivity contribution in [1.82, 2.24) is 0 Å². The van der Waals surface area contributed by atoms with Crippen LogP contribution in [-0.4, -0.2) is 58.1 Å². The molecule has 0 spiro atoms. The van der Waals surface area contributed by atoms with Crippen LogP contribution in [0.1, 0.15) is 60.8 Å². The van der Waals surface area contributed by atoms with Crippen molar-refractivity contribution in [3.8, 4) is 0 Å². The van der Waals surface area contributed by atoms with E-state index >= 15 is 0 Å². The van der Waals surface area contributed by atoms with Gasteiger partial charge in [-0.1, -0.05) is 24.1 Å². The van der Waals surface area contributed by atoms with Gasteiger partial charge < -0.3 is 24.4 Å². The third-order valence-corrected chi connectivity index (χ3v) is 7.59. The second kappa shape index (κ2) is 8.63. The first-order valence-corrected chi connectivity index (χ1v) is 11.1. The molecule has 1 fully saturated rings. The zero-order valence-electron chi connectivity index (χ0n) is 19.6. The van der Waals surface area contributed by atoms with Gasteiger partial charge in [0.15, 0.2) is 6.10 Å². The summed E-state index contributed by atoms with van der Waals surface area (Å²) in [6, 6.07) is 0. The van der Waals surface area contributed by atoms with Crippen LogP contribution in [0.25, 0.3) is 0 Å². The van der Waals surface area contributed by atoms with Gasteiger partial charge in [-0.15, -0.1) is 0 Å². The van der Waals surface area contributed by atoms with Crippen LogP contribution < -0.4 is 0 Å². The molecule has 8 atom stereocenters. The third kappa shape index (κ3) is 3.88. The first kappa shape index (κ1) is 24.5. The molecule has 0 aromatic rings. The number of carbonyl (C=O) groups excluding carboxylic acids is 3. The summed E-state index contributed by atoms with van der Waals surface area (Å²) in [7, 11) is 0. The molecular weight excluding hydrogens is 416 g/mol. The zero-order valence-corrected chi connectivity index (χ0v) is 19.6. The molecule has 8 heteroatoms. The number of fused-ring (bicyclic) bond motifs is 2. The van der Waals surface area contributed by atoms with Gasteiger partial charge in [0, 0.05) is 26.2 Å². The van der Waals surface area contributed by atoms with Crippen molar-refractivity contribution in [2.24, 2.45) is 17.3 Å². The number of esters is 3. The number of carbonyl (C=O) groups is 3. The molecule has 0 amide bonds. The Labute approximate surface area is 188 Å². The minimum Gasteiger partial charge on any atom is -0.462 e. The van der Waals surface area contributed by atoms with Crippen molar-refractivity contribution >= 4 is 17.9 Å². The molecule has 1 saturated heterocycles. The highest BCUT2D eigenvalue weighted by Crippen LogP contribution is 2.54. The minimum atomic E-state index is -1.91. The summed E-state index contributed by atoms with van der Waals surface area (Å²) >= 11 is 0. The molecule has 0 bridgehead atoms. The normalized spacial score (nSPS) is 41.9. The smallest absolute Gasteiger partial charge is 0.312 e. The Hall–Kier alpha value is -2.19. The number of aliphatic hydroxyl groups excluding tert-OH is 1. The quantitative estimate of drug-likeness (QED) is 0.373. The highest BCUT2D eigenvalue weighted by molar-refractivity contribution is 5.77. The van der Waals surface area contributed by atoms with Crippen LogP contribution in [0, 0.1) is 17.3 Å². The summed E-state index contributed by atoms with van der Waals surface area (Å²) in [5.41, 5.74) is -1.37. The molecule has 2 aliphatic carbocycles. The van der Waals surface area contributed by atoms with E-state index in [0.29, 0.717) is 19.3 Å². The predicted octanol–water partition coefficient (Wildman–Crippen LogP) is 2.22. The van der Waals surface area contributed by atoms with Gasteiger partial charge >= 0.3 is 17.9 Å². The van der Waals surface area contributed by atoms with Crippen LogP contribution >= 0.6 is 0 Å². The fourth-order valence-electron chi connectivity index (χ4n) is 5.75. The Morgan fingerprint density at radius 2 is 1.75 bits per heavy atom. The first-order chi connectivity index (χ1) is 14.8. The number of hydrogen-bond acceptors (Lipinski definition) is 8. The standard InChI is InChI=1S/C24H34O8/c1-12-7-9-17(30-15(4)25)23(6)18(31-16(5)26)10-8-13(2)20(23)21(27)24(29)14(3)22(28)32-19(24)11-12/h8,11,14,17-21,27,29H,7,9-10H2,1-6H3/t14-,17+,18-,19-,20+,21+,23-,24-/m0/s1. The molecular formula is C24H34O8. The Balaban J connectivity index is 2.24. The highest BCUT2D eigenvalue weighted by Gasteiger charge is 2.65. The van der Waals surface area contributed by atoms with Gasteiger partial charge in [-0.2, -0.15) is 0 Å². The van der Waals surface area contributed by atoms with E-state index in [1.54, 1.807) is 6.08 Å². The van der Waals surface area contributed by atoms with Crippen molar-refractivity contribution in [2.45, 2.75) is 90.8 Å². The van der Waals surface area contributed by atoms with Gasteiger partial charge in [0.05, 0.1) is 17.4 Å². The zero-order chi connectivity index (χ0) is 24.0. The fourth-order valence-corrected chi connectivity index (χ4v) is 5.75. The molecule has 3 aliphatic rings. The van der Waals surface area contributed by atoms with Gasteiger partial charge in [0.1, 0.15) is 17.8 Å². The molecule has 0 saturated carbocycles. The van der Waals surface area contributed by atoms with Crippen LogP contribution in [0.2, 0.25) is 0 Å². The number of allylic oxidation sites excluding steroid dienone is 1. The topological polar surface area (TPSA) is 119 Å². The summed E-state index contributed by atoms with van der Waals surface area (Å²) in [6.07, 6.45) is 0.961. The average molecular weight is 451 g/mol. The molecule has 0 aromatic heterocycles. The average Bonchev–Trinajstić information content (AvgIpc) is 2.90. The number of rotatable bonds is 2. The Morgan fingerprint density at radius 3 is 2.34 bits per heavy atom. The highest BCUT2D eigenvalue weighted by atomic mass is 16.6. The Bertz CT molecular complexity index is 860. The van der Waals surface area contributed by atoms with Crippen LogP contribution in [0.5, 0.6) is 0 Å². The van der Waals surface area contributed by atoms with E-state index in [2.05, 4.69) is 0 Å². The Kier molecular flexibility index (Phi) is 6.60. The number of aliphatic hydroxyl groups is 2. The van der Waals surface area contributed by atoms with Crippen LogP contribution in [-0.2, 0) is 28.6 Å². The van der Waals surface area contributed by atoms with E-state index in [4.69, 9.17) is 14.2 Å². The number of hydrogen-bond donors (Lipinski definition) is 2. The molecule has 3 rings (SSSR count). The van der Waals surface area contributed by atoms with Gasteiger partial charge in [0.2, 0.25) is 0 Å². The molecule has 2 N–H and O–H groups in total. The van der Waals surface area contributed by atoms with Crippen molar-refractivity contribution in [3.05, 3.63) is 23.3 Å². The first-order valence-electron chi connectivity index (χ1n) is 11.1. The van der Waals surface area contributed by atoms with Crippen LogP contribution in [0.3, 0.4) is 0 Å². The molecule has 0 unspecified atom stereocenters. The Morgan fingerprint density at radius 1 is 1.16 bits per heavy atom. The summed E-state index contributed by atoms with van der Waals surface area (Å²) in [4.78, 5) is 36.5. The van der Waals surface area contributed by atoms with Gasteiger partial charge in [-0.05, 0) is 39.7 Å². The van der Waals surface area contributed by atoms with Crippen molar-refractivity contribution in [2.75, 3.05) is 0 Å². The summed E-state index contributed by atoms with van der Waals surface area (Å²) in [5, 5.41) is 23.5. The second-order valence-electron chi connectivity index (χ2n) is 9.69. The lowest BCUT2D eigenvalue weighted by Gasteiger charge is -2.54. The predicted molar refractivity (Wildman–Crippen MR) is 114 cm³/mol. The van der Waals surface area contributed by atoms with Gasteiger partial charge in [-0.3, -0.25) is 14.4 Å². The molecule has 178 valence electrons. The molecule has 1 aliphatic heterocycles. The summed E-state index contributed by atoms with van der Waals surface area (Å²) in [5.74, 6) is -3.31. The lowest BCUT2D eigenvalue weighted by molar-refractivity contribution is -0.205. The maximum Gasteiger partial charge on any atom is 0.312 e. The monoisotopic (exact) mass is 450 g/mol. The van der Waals surface area contributed by atoms with E-state index in [0.717, 1.165) is 11.1 Å². The fraction of sp³-hybridized carbons (Fsp3) is 0.708. The van der Waals surface area contributed by atoms with Crippen molar-refractivity contribution in [1.29, 1.82) is 0 Å². The van der Waals surface area contributed by atoms with E-state index in [9.17, 15) is 24.6 Å². The van der Waals surface area contributed by atoms with E-state index in [1.807, 2.05) is 26.8 Å². The summed E-state index contributed by atoms with van der Waals surface area (Å²) in [6.45, 7) is 9.65. The maximum atomic E-state index is 12.5. The van der Waals surface area contributed by atoms with Crippen LogP contribution in [0.15, 0.2) is 23.3 Å². The SMILES string of the molecule is CC(=O)O[C@H]1CC=C(C)[C@@H]2[C@@H](O)[C@@]3(O)[C@H](C=C(C)CC[C@@H](OC(C)=O)[C@@]12C)OC(=O)[C@@H]3C. The second-order valence-corrected chi connectivity index (χ2v) is 9.69. The van der Waals surface area contributed by atoms with Gasteiger partial charge in [-0.25, -0.2) is 0 Å². The van der Waals surface area contributed by atoms with E-state index < -0.39 is 65.2 Å². The lowest BCUT2D eigenvalue weighted by Crippen LogP contribution is -2.64. The molecule has 32 heavy (non-hydrogen) atoms. The summed E-state index contributed by atoms with van der Waals surface area (Å²) < 4.78 is 16.9. The van der Waals surface area contributed by atoms with E-state index in [-0.39, 0.29) is 0 Å².